The summed E-state index contributed by atoms with van der Waals surface area (Å²) in [4.78, 5) is 51.0. The fraction of sp³-hybridized carbons (Fsp3) is 0.800. The van der Waals surface area contributed by atoms with Crippen molar-refractivity contribution in [2.45, 2.75) is 95.7 Å². The fourth-order valence-corrected chi connectivity index (χ4v) is 4.27. The van der Waals surface area contributed by atoms with Gasteiger partial charge in [-0.25, -0.2) is 0 Å². The lowest BCUT2D eigenvalue weighted by molar-refractivity contribution is -0.243. The Labute approximate surface area is 205 Å². The molecule has 3 fully saturated rings. The largest absolute Gasteiger partial charge is 0.455 e. The van der Waals surface area contributed by atoms with Crippen LogP contribution in [0, 0.1) is 0 Å². The van der Waals surface area contributed by atoms with Crippen LogP contribution in [0.2, 0.25) is 0 Å². The van der Waals surface area contributed by atoms with Crippen molar-refractivity contribution in [3.8, 4) is 0 Å². The minimum Gasteiger partial charge on any atom is -0.455 e. The molecule has 4 unspecified atom stereocenters. The van der Waals surface area contributed by atoms with Crippen LogP contribution in [0.5, 0.6) is 0 Å². The standard InChI is InChI=1S/C20H28N4O12/c1-7(25)30-12-13(31-8(2)26)15(32-9(3)27)18(23-24-21)34-14(12)17(28)22-6-10-11-16(19(29)33-10)36-20(4,5)35-11/h10-16,18-19,29H,6H2,1-5H3,(H,22,28)/t10-,11-,12-,13+,14?,15?,16?,18-,19?/m1/s1. The number of carbonyl (C=O) groups is 4. The third-order valence-corrected chi connectivity index (χ3v) is 5.45. The molecule has 16 nitrogen and oxygen atoms in total. The Bertz CT molecular complexity index is 938. The summed E-state index contributed by atoms with van der Waals surface area (Å²) in [7, 11) is 0. The van der Waals surface area contributed by atoms with Crippen LogP contribution in [-0.4, -0.2) is 96.5 Å². The Balaban J connectivity index is 1.82. The van der Waals surface area contributed by atoms with Gasteiger partial charge in [-0.1, -0.05) is 5.11 Å². The first-order valence-corrected chi connectivity index (χ1v) is 11.0. The van der Waals surface area contributed by atoms with E-state index in [1.54, 1.807) is 13.8 Å². The lowest BCUT2D eigenvalue weighted by Gasteiger charge is -2.42. The topological polar surface area (TPSA) is 214 Å². The van der Waals surface area contributed by atoms with Crippen molar-refractivity contribution in [2.75, 3.05) is 6.54 Å². The Hall–Kier alpha value is -3.01. The second-order valence-electron chi connectivity index (χ2n) is 8.75. The van der Waals surface area contributed by atoms with Crippen molar-refractivity contribution in [3.63, 3.8) is 0 Å². The molecule has 0 bridgehead atoms. The number of esters is 3. The van der Waals surface area contributed by atoms with E-state index in [1.165, 1.54) is 0 Å². The maximum absolute atomic E-state index is 13.2. The highest BCUT2D eigenvalue weighted by molar-refractivity contribution is 5.82. The number of nitrogens with one attached hydrogen (secondary N) is 1. The number of carbonyl (C=O) groups excluding carboxylic acids is 4. The van der Waals surface area contributed by atoms with Gasteiger partial charge in [-0.3, -0.25) is 19.2 Å². The van der Waals surface area contributed by atoms with Gasteiger partial charge in [-0.2, -0.15) is 0 Å². The van der Waals surface area contributed by atoms with E-state index in [1.807, 2.05) is 0 Å². The molecular formula is C20H28N4O12. The van der Waals surface area contributed by atoms with Gasteiger partial charge >= 0.3 is 17.9 Å². The molecule has 36 heavy (non-hydrogen) atoms. The number of nitrogens with zero attached hydrogens (tertiary/aromatic N) is 3. The van der Waals surface area contributed by atoms with Gasteiger partial charge in [0.1, 0.15) is 18.3 Å². The predicted molar refractivity (Wildman–Crippen MR) is 112 cm³/mol. The number of azide groups is 1. The molecule has 0 aromatic rings. The third-order valence-electron chi connectivity index (χ3n) is 5.45. The van der Waals surface area contributed by atoms with Gasteiger partial charge in [0, 0.05) is 32.2 Å². The van der Waals surface area contributed by atoms with Crippen molar-refractivity contribution in [3.05, 3.63) is 10.4 Å². The zero-order valence-corrected chi connectivity index (χ0v) is 20.2. The van der Waals surface area contributed by atoms with Crippen LogP contribution in [0.3, 0.4) is 0 Å². The van der Waals surface area contributed by atoms with Gasteiger partial charge in [-0.05, 0) is 19.4 Å². The summed E-state index contributed by atoms with van der Waals surface area (Å²) in [5.41, 5.74) is 8.95. The van der Waals surface area contributed by atoms with E-state index in [9.17, 15) is 24.3 Å². The maximum atomic E-state index is 13.2. The van der Waals surface area contributed by atoms with E-state index in [0.29, 0.717) is 0 Å². The normalized spacial score (nSPS) is 36.7. The average molecular weight is 516 g/mol. The molecular weight excluding hydrogens is 488 g/mol. The highest BCUT2D eigenvalue weighted by Crippen LogP contribution is 2.37. The number of ether oxygens (including phenoxy) is 7. The minimum absolute atomic E-state index is 0.180. The first-order valence-electron chi connectivity index (χ1n) is 11.0. The van der Waals surface area contributed by atoms with Crippen LogP contribution in [-0.2, 0) is 52.3 Å². The Morgan fingerprint density at radius 3 is 2.08 bits per heavy atom. The molecule has 0 spiro atoms. The highest BCUT2D eigenvalue weighted by Gasteiger charge is 2.56. The fourth-order valence-electron chi connectivity index (χ4n) is 4.27. The monoisotopic (exact) mass is 516 g/mol. The van der Waals surface area contributed by atoms with Crippen LogP contribution in [0.1, 0.15) is 34.6 Å². The second-order valence-corrected chi connectivity index (χ2v) is 8.75. The number of aliphatic hydroxyl groups excluding tert-OH is 1. The molecule has 0 radical (unpaired) electrons. The number of aliphatic hydroxyl groups is 1. The highest BCUT2D eigenvalue weighted by atomic mass is 16.8. The first kappa shape index (κ1) is 27.6. The molecule has 16 heteroatoms. The molecule has 0 aromatic heterocycles. The first-order chi connectivity index (χ1) is 16.8. The average Bonchev–Trinajstić information content (AvgIpc) is 3.22. The molecule has 3 saturated heterocycles. The molecule has 3 aliphatic rings. The molecule has 9 atom stereocenters. The van der Waals surface area contributed by atoms with Crippen LogP contribution in [0.15, 0.2) is 5.11 Å². The van der Waals surface area contributed by atoms with Gasteiger partial charge in [0.25, 0.3) is 5.91 Å². The molecule has 3 aliphatic heterocycles. The van der Waals surface area contributed by atoms with Gasteiger partial charge in [0.2, 0.25) is 0 Å². The summed E-state index contributed by atoms with van der Waals surface area (Å²) in [6, 6.07) is 0. The van der Waals surface area contributed by atoms with Crippen LogP contribution in [0.25, 0.3) is 10.4 Å². The summed E-state index contributed by atoms with van der Waals surface area (Å²) in [5.74, 6) is -4.38. The summed E-state index contributed by atoms with van der Waals surface area (Å²) in [5, 5.41) is 16.1. The molecule has 200 valence electrons. The zero-order chi connectivity index (χ0) is 26.8. The van der Waals surface area contributed by atoms with Crippen LogP contribution in [0.4, 0.5) is 0 Å². The Morgan fingerprint density at radius 2 is 1.50 bits per heavy atom. The predicted octanol–water partition coefficient (Wildman–Crippen LogP) is -0.830. The van der Waals surface area contributed by atoms with E-state index in [-0.39, 0.29) is 6.54 Å². The van der Waals surface area contributed by atoms with E-state index < -0.39 is 84.8 Å². The van der Waals surface area contributed by atoms with Crippen LogP contribution < -0.4 is 5.32 Å². The molecule has 0 saturated carbocycles. The molecule has 0 aromatic carbocycles. The Morgan fingerprint density at radius 1 is 0.944 bits per heavy atom. The van der Waals surface area contributed by atoms with Gasteiger partial charge in [-0.15, -0.1) is 0 Å². The Kier molecular flexibility index (Phi) is 8.38. The summed E-state index contributed by atoms with van der Waals surface area (Å²) >= 11 is 0. The quantitative estimate of drug-likeness (QED) is 0.139. The number of hydrogen-bond acceptors (Lipinski definition) is 13. The van der Waals surface area contributed by atoms with Crippen molar-refractivity contribution in [1.29, 1.82) is 0 Å². The number of rotatable bonds is 7. The SMILES string of the molecule is CC(=O)OC1[C@H](N=[N+]=[N-])OC(C(=O)NC[C@H]2OC(O)C3OC(C)(C)O[C@@H]32)[C@H](OC(C)=O)[C@@H]1OC(C)=O. The summed E-state index contributed by atoms with van der Waals surface area (Å²) in [6.07, 6.45) is -11.4. The van der Waals surface area contributed by atoms with Crippen molar-refractivity contribution in [2.24, 2.45) is 5.11 Å². The van der Waals surface area contributed by atoms with E-state index in [0.717, 1.165) is 20.8 Å². The molecule has 1 amide bonds. The smallest absolute Gasteiger partial charge is 0.303 e. The molecule has 3 rings (SSSR count). The number of amides is 1. The molecule has 0 aliphatic carbocycles. The van der Waals surface area contributed by atoms with Crippen molar-refractivity contribution in [1.82, 2.24) is 5.32 Å². The second kappa shape index (κ2) is 10.9. The maximum Gasteiger partial charge on any atom is 0.303 e. The van der Waals surface area contributed by atoms with E-state index in [4.69, 9.17) is 38.7 Å². The van der Waals surface area contributed by atoms with E-state index >= 15 is 0 Å². The lowest BCUT2D eigenvalue weighted by Crippen LogP contribution is -2.64. The van der Waals surface area contributed by atoms with Crippen molar-refractivity contribution >= 4 is 23.8 Å². The third kappa shape index (κ3) is 6.21. The zero-order valence-electron chi connectivity index (χ0n) is 20.2. The van der Waals surface area contributed by atoms with Gasteiger partial charge < -0.3 is 43.6 Å². The molecule has 2 N–H and O–H groups in total. The van der Waals surface area contributed by atoms with Gasteiger partial charge in [0.15, 0.2) is 42.7 Å². The van der Waals surface area contributed by atoms with Crippen LogP contribution >= 0.6 is 0 Å². The number of hydrogen-bond donors (Lipinski definition) is 2. The minimum atomic E-state index is -1.65. The number of fused-ring (bicyclic) bond motifs is 1. The summed E-state index contributed by atoms with van der Waals surface area (Å²) in [6.45, 7) is 6.30. The lowest BCUT2D eigenvalue weighted by atomic mass is 9.96. The molecule has 3 heterocycles. The van der Waals surface area contributed by atoms with E-state index in [2.05, 4.69) is 15.3 Å². The summed E-state index contributed by atoms with van der Waals surface area (Å²) < 4.78 is 37.9. The van der Waals surface area contributed by atoms with Gasteiger partial charge in [0.05, 0.1) is 0 Å². The van der Waals surface area contributed by atoms with Crippen molar-refractivity contribution < 1.29 is 57.4 Å².